The van der Waals surface area contributed by atoms with Gasteiger partial charge in [0, 0.05) is 32.2 Å². The van der Waals surface area contributed by atoms with Gasteiger partial charge in [-0.1, -0.05) is 25.5 Å². The molecule has 0 bridgehead atoms. The Balaban J connectivity index is 0.00000243. The molecule has 3 rings (SSSR count). The van der Waals surface area contributed by atoms with Crippen LogP contribution in [0.2, 0.25) is 0 Å². The number of hydrogen-bond donors (Lipinski definition) is 2. The van der Waals surface area contributed by atoms with E-state index >= 15 is 0 Å². The topological polar surface area (TPSA) is 63.5 Å². The molecule has 26 heavy (non-hydrogen) atoms. The number of nitrogens with zero attached hydrogens (tertiary/aromatic N) is 3. The standard InChI is InChI=1S/C20H29N5.HI/c1-3-7-15-12-18(15)24-20(22-2)23-17-9-6-11-25(14-17)19-10-5-4-8-16(19)13-21;/h4-5,8,10,15,17-18H,3,6-7,9,11-12,14H2,1-2H3,(H2,22,23,24);1H. The van der Waals surface area contributed by atoms with E-state index in [9.17, 15) is 5.26 Å². The number of hydrogen-bond acceptors (Lipinski definition) is 3. The average Bonchev–Trinajstić information content (AvgIpc) is 3.39. The van der Waals surface area contributed by atoms with E-state index in [-0.39, 0.29) is 24.0 Å². The molecule has 1 aromatic carbocycles. The van der Waals surface area contributed by atoms with E-state index < -0.39 is 0 Å². The highest BCUT2D eigenvalue weighted by atomic mass is 127. The van der Waals surface area contributed by atoms with Gasteiger partial charge in [-0.05, 0) is 43.7 Å². The largest absolute Gasteiger partial charge is 0.368 e. The van der Waals surface area contributed by atoms with Gasteiger partial charge in [0.1, 0.15) is 6.07 Å². The summed E-state index contributed by atoms with van der Waals surface area (Å²) in [6, 6.07) is 11.1. The molecule has 1 aliphatic heterocycles. The van der Waals surface area contributed by atoms with Crippen molar-refractivity contribution in [1.29, 1.82) is 5.26 Å². The fraction of sp³-hybridized carbons (Fsp3) is 0.600. The van der Waals surface area contributed by atoms with Crippen LogP contribution in [0.15, 0.2) is 29.3 Å². The van der Waals surface area contributed by atoms with Gasteiger partial charge in [0.25, 0.3) is 0 Å². The third kappa shape index (κ3) is 5.26. The number of rotatable bonds is 5. The van der Waals surface area contributed by atoms with E-state index in [1.54, 1.807) is 0 Å². The minimum absolute atomic E-state index is 0. The van der Waals surface area contributed by atoms with Gasteiger partial charge in [0.05, 0.1) is 11.3 Å². The predicted octanol–water partition coefficient (Wildman–Crippen LogP) is 3.50. The first-order chi connectivity index (χ1) is 12.2. The molecule has 2 aliphatic rings. The van der Waals surface area contributed by atoms with E-state index in [0.717, 1.165) is 49.1 Å². The van der Waals surface area contributed by atoms with Crippen molar-refractivity contribution < 1.29 is 0 Å². The zero-order valence-electron chi connectivity index (χ0n) is 15.7. The molecule has 1 aromatic rings. The van der Waals surface area contributed by atoms with Crippen LogP contribution in [0.25, 0.3) is 0 Å². The molecule has 0 radical (unpaired) electrons. The lowest BCUT2D eigenvalue weighted by molar-refractivity contribution is 0.467. The van der Waals surface area contributed by atoms with E-state index in [1.807, 2.05) is 31.3 Å². The molecule has 3 atom stereocenters. The molecule has 6 heteroatoms. The SMILES string of the molecule is CCCC1CC1NC(=NC)NC1CCCN(c2ccccc2C#N)C1.I. The van der Waals surface area contributed by atoms with Crippen molar-refractivity contribution in [2.24, 2.45) is 10.9 Å². The van der Waals surface area contributed by atoms with Crippen LogP contribution < -0.4 is 15.5 Å². The monoisotopic (exact) mass is 467 g/mol. The molecule has 5 nitrogen and oxygen atoms in total. The van der Waals surface area contributed by atoms with Crippen molar-refractivity contribution in [3.63, 3.8) is 0 Å². The van der Waals surface area contributed by atoms with Crippen molar-refractivity contribution in [2.75, 3.05) is 25.0 Å². The minimum atomic E-state index is 0. The third-order valence-corrected chi connectivity index (χ3v) is 5.26. The number of aliphatic imine (C=N–C) groups is 1. The molecule has 1 aliphatic carbocycles. The highest BCUT2D eigenvalue weighted by Gasteiger charge is 2.37. The van der Waals surface area contributed by atoms with E-state index in [1.165, 1.54) is 19.3 Å². The fourth-order valence-electron chi connectivity index (χ4n) is 3.81. The first-order valence-corrected chi connectivity index (χ1v) is 9.49. The van der Waals surface area contributed by atoms with Gasteiger partial charge in [-0.3, -0.25) is 4.99 Å². The summed E-state index contributed by atoms with van der Waals surface area (Å²) in [6.07, 6.45) is 6.08. The summed E-state index contributed by atoms with van der Waals surface area (Å²) >= 11 is 0. The highest BCUT2D eigenvalue weighted by Crippen LogP contribution is 2.34. The number of benzene rings is 1. The normalized spacial score (nSPS) is 25.0. The van der Waals surface area contributed by atoms with Crippen molar-refractivity contribution in [3.8, 4) is 6.07 Å². The lowest BCUT2D eigenvalue weighted by Crippen LogP contribution is -2.52. The van der Waals surface area contributed by atoms with Crippen LogP contribution in [-0.2, 0) is 0 Å². The Hall–Kier alpha value is -1.49. The fourth-order valence-corrected chi connectivity index (χ4v) is 3.81. The predicted molar refractivity (Wildman–Crippen MR) is 118 cm³/mol. The van der Waals surface area contributed by atoms with Gasteiger partial charge in [0.15, 0.2) is 5.96 Å². The van der Waals surface area contributed by atoms with Crippen LogP contribution in [0, 0.1) is 17.2 Å². The number of nitrogens with one attached hydrogen (secondary N) is 2. The van der Waals surface area contributed by atoms with Crippen LogP contribution in [-0.4, -0.2) is 38.2 Å². The molecule has 1 saturated carbocycles. The average molecular weight is 467 g/mol. The van der Waals surface area contributed by atoms with Crippen molar-refractivity contribution >= 4 is 35.6 Å². The van der Waals surface area contributed by atoms with Gasteiger partial charge in [-0.25, -0.2) is 0 Å². The Bertz CT molecular complexity index is 654. The first-order valence-electron chi connectivity index (χ1n) is 9.49. The van der Waals surface area contributed by atoms with Crippen molar-refractivity contribution in [1.82, 2.24) is 10.6 Å². The number of anilines is 1. The maximum atomic E-state index is 9.35. The van der Waals surface area contributed by atoms with Crippen LogP contribution in [0.1, 0.15) is 44.6 Å². The summed E-state index contributed by atoms with van der Waals surface area (Å²) in [5.41, 5.74) is 1.80. The minimum Gasteiger partial charge on any atom is -0.368 e. The number of halogens is 1. The molecule has 0 spiro atoms. The second-order valence-corrected chi connectivity index (χ2v) is 7.17. The van der Waals surface area contributed by atoms with Crippen LogP contribution in [0.4, 0.5) is 5.69 Å². The quantitative estimate of drug-likeness (QED) is 0.396. The smallest absolute Gasteiger partial charge is 0.191 e. The maximum absolute atomic E-state index is 9.35. The number of guanidine groups is 1. The number of piperidine rings is 1. The maximum Gasteiger partial charge on any atom is 0.191 e. The molecule has 142 valence electrons. The summed E-state index contributed by atoms with van der Waals surface area (Å²) in [6.45, 7) is 4.16. The second kappa shape index (κ2) is 10.0. The molecule has 3 unspecified atom stereocenters. The van der Waals surface area contributed by atoms with Crippen LogP contribution in [0.5, 0.6) is 0 Å². The van der Waals surface area contributed by atoms with Crippen LogP contribution >= 0.6 is 24.0 Å². The Morgan fingerprint density at radius 3 is 2.88 bits per heavy atom. The Labute approximate surface area is 174 Å². The summed E-state index contributed by atoms with van der Waals surface area (Å²) < 4.78 is 0. The Morgan fingerprint density at radius 2 is 2.15 bits per heavy atom. The second-order valence-electron chi connectivity index (χ2n) is 7.17. The molecule has 0 amide bonds. The van der Waals surface area contributed by atoms with Gasteiger partial charge in [0.2, 0.25) is 0 Å². The molecule has 2 fully saturated rings. The molecular formula is C20H30IN5. The molecule has 1 saturated heterocycles. The van der Waals surface area contributed by atoms with Crippen LogP contribution in [0.3, 0.4) is 0 Å². The molecule has 0 aromatic heterocycles. The summed E-state index contributed by atoms with van der Waals surface area (Å²) in [5.74, 6) is 1.73. The summed E-state index contributed by atoms with van der Waals surface area (Å²) in [5, 5.41) is 16.5. The zero-order chi connectivity index (χ0) is 17.6. The van der Waals surface area contributed by atoms with E-state index in [4.69, 9.17) is 0 Å². The lowest BCUT2D eigenvalue weighted by atomic mass is 10.0. The lowest BCUT2D eigenvalue weighted by Gasteiger charge is -2.35. The van der Waals surface area contributed by atoms with Crippen molar-refractivity contribution in [2.45, 2.75) is 51.1 Å². The van der Waals surface area contributed by atoms with Gasteiger partial charge in [-0.2, -0.15) is 5.26 Å². The van der Waals surface area contributed by atoms with Crippen molar-refractivity contribution in [3.05, 3.63) is 29.8 Å². The molecule has 2 N–H and O–H groups in total. The summed E-state index contributed by atoms with van der Waals surface area (Å²) in [4.78, 5) is 6.74. The zero-order valence-corrected chi connectivity index (χ0v) is 18.1. The first kappa shape index (κ1) is 20.8. The Kier molecular flexibility index (Phi) is 8.01. The highest BCUT2D eigenvalue weighted by molar-refractivity contribution is 14.0. The van der Waals surface area contributed by atoms with E-state index in [2.05, 4.69) is 33.5 Å². The number of para-hydroxylation sites is 1. The van der Waals surface area contributed by atoms with E-state index in [0.29, 0.717) is 12.1 Å². The van der Waals surface area contributed by atoms with Gasteiger partial charge < -0.3 is 15.5 Å². The Morgan fingerprint density at radius 1 is 1.35 bits per heavy atom. The van der Waals surface area contributed by atoms with Gasteiger partial charge in [-0.15, -0.1) is 24.0 Å². The third-order valence-electron chi connectivity index (χ3n) is 5.26. The molecule has 1 heterocycles. The summed E-state index contributed by atoms with van der Waals surface area (Å²) in [7, 11) is 1.85. The molecular weight excluding hydrogens is 437 g/mol. The van der Waals surface area contributed by atoms with Gasteiger partial charge >= 0.3 is 0 Å². The number of nitriles is 1.